The Morgan fingerprint density at radius 1 is 1.08 bits per heavy atom. The van der Waals surface area contributed by atoms with Crippen LogP contribution in [0.2, 0.25) is 10.0 Å². The largest absolute Gasteiger partial charge is 0.371 e. The number of carbonyl (C=O) groups excluding carboxylic acids is 1. The van der Waals surface area contributed by atoms with Gasteiger partial charge in [-0.3, -0.25) is 4.79 Å². The third-order valence-corrected chi connectivity index (χ3v) is 5.05. The minimum Gasteiger partial charge on any atom is -0.371 e. The molecule has 1 heterocycles. The summed E-state index contributed by atoms with van der Waals surface area (Å²) in [5, 5.41) is 4.44. The zero-order chi connectivity index (χ0) is 16.9. The van der Waals surface area contributed by atoms with Gasteiger partial charge in [-0.05, 0) is 42.7 Å². The predicted octanol–water partition coefficient (Wildman–Crippen LogP) is 4.53. The van der Waals surface area contributed by atoms with Gasteiger partial charge in [0.1, 0.15) is 0 Å². The molecular weight excluding hydrogens is 343 g/mol. The molecule has 1 fully saturated rings. The Balaban J connectivity index is 1.51. The fourth-order valence-corrected chi connectivity index (χ4v) is 3.43. The summed E-state index contributed by atoms with van der Waals surface area (Å²) in [5.74, 6) is 0.170. The lowest BCUT2D eigenvalue weighted by Gasteiger charge is -2.33. The number of nitrogens with zero attached hydrogens (tertiary/aromatic N) is 1. The number of hydrogen-bond acceptors (Lipinski definition) is 2. The number of amides is 1. The zero-order valence-electron chi connectivity index (χ0n) is 13.3. The molecule has 0 aliphatic carbocycles. The van der Waals surface area contributed by atoms with Gasteiger partial charge in [0, 0.05) is 41.3 Å². The van der Waals surface area contributed by atoms with E-state index in [1.165, 1.54) is 0 Å². The van der Waals surface area contributed by atoms with E-state index in [0.29, 0.717) is 11.6 Å². The molecule has 2 aromatic rings. The van der Waals surface area contributed by atoms with Crippen molar-refractivity contribution in [1.82, 2.24) is 5.32 Å². The predicted molar refractivity (Wildman–Crippen MR) is 99.7 cm³/mol. The van der Waals surface area contributed by atoms with Gasteiger partial charge in [0.2, 0.25) is 5.91 Å². The van der Waals surface area contributed by atoms with E-state index in [0.717, 1.165) is 42.2 Å². The topological polar surface area (TPSA) is 32.3 Å². The summed E-state index contributed by atoms with van der Waals surface area (Å²) in [6.45, 7) is 2.21. The van der Waals surface area contributed by atoms with Crippen LogP contribution in [0.5, 0.6) is 0 Å². The third-order valence-electron chi connectivity index (χ3n) is 4.45. The zero-order valence-corrected chi connectivity index (χ0v) is 14.9. The van der Waals surface area contributed by atoms with Gasteiger partial charge in [-0.25, -0.2) is 0 Å². The molecule has 126 valence electrons. The van der Waals surface area contributed by atoms with E-state index in [1.54, 1.807) is 0 Å². The molecule has 0 radical (unpaired) electrons. The van der Waals surface area contributed by atoms with E-state index >= 15 is 0 Å². The molecule has 1 saturated heterocycles. The molecule has 0 unspecified atom stereocenters. The summed E-state index contributed by atoms with van der Waals surface area (Å²) >= 11 is 12.2. The molecule has 1 N–H and O–H groups in total. The van der Waals surface area contributed by atoms with Gasteiger partial charge < -0.3 is 10.2 Å². The lowest BCUT2D eigenvalue weighted by molar-refractivity contribution is -0.125. The van der Waals surface area contributed by atoms with Crippen LogP contribution in [0.15, 0.2) is 48.5 Å². The van der Waals surface area contributed by atoms with Crippen LogP contribution in [0, 0.1) is 5.92 Å². The first-order valence-electron chi connectivity index (χ1n) is 8.15. The van der Waals surface area contributed by atoms with Crippen LogP contribution < -0.4 is 10.2 Å². The molecular formula is C19H20Cl2N2O. The van der Waals surface area contributed by atoms with Crippen molar-refractivity contribution in [2.45, 2.75) is 19.4 Å². The highest BCUT2D eigenvalue weighted by atomic mass is 35.5. The number of hydrogen-bond donors (Lipinski definition) is 1. The van der Waals surface area contributed by atoms with Crippen LogP contribution >= 0.6 is 23.2 Å². The van der Waals surface area contributed by atoms with E-state index in [1.807, 2.05) is 42.5 Å². The molecule has 24 heavy (non-hydrogen) atoms. The van der Waals surface area contributed by atoms with Crippen molar-refractivity contribution in [3.8, 4) is 0 Å². The molecule has 2 aromatic carbocycles. The van der Waals surface area contributed by atoms with E-state index in [-0.39, 0.29) is 11.8 Å². The maximum Gasteiger partial charge on any atom is 0.223 e. The second kappa shape index (κ2) is 7.91. The van der Waals surface area contributed by atoms with Crippen LogP contribution in [0.4, 0.5) is 5.69 Å². The van der Waals surface area contributed by atoms with Gasteiger partial charge in [0.05, 0.1) is 0 Å². The summed E-state index contributed by atoms with van der Waals surface area (Å²) in [5.41, 5.74) is 2.07. The fourth-order valence-electron chi connectivity index (χ4n) is 3.04. The lowest BCUT2D eigenvalue weighted by atomic mass is 9.95. The highest BCUT2D eigenvalue weighted by molar-refractivity contribution is 6.31. The molecule has 0 atom stereocenters. The van der Waals surface area contributed by atoms with E-state index < -0.39 is 0 Å². The van der Waals surface area contributed by atoms with Crippen LogP contribution in [0.1, 0.15) is 18.4 Å². The monoisotopic (exact) mass is 362 g/mol. The minimum absolute atomic E-state index is 0.0583. The van der Waals surface area contributed by atoms with Crippen molar-refractivity contribution in [2.75, 3.05) is 18.0 Å². The summed E-state index contributed by atoms with van der Waals surface area (Å²) in [6, 6.07) is 15.5. The first-order valence-corrected chi connectivity index (χ1v) is 8.91. The normalized spacial score (nSPS) is 15.3. The first kappa shape index (κ1) is 17.1. The Morgan fingerprint density at radius 2 is 1.83 bits per heavy atom. The van der Waals surface area contributed by atoms with E-state index in [9.17, 15) is 4.79 Å². The minimum atomic E-state index is 0.0583. The van der Waals surface area contributed by atoms with Gasteiger partial charge in [0.25, 0.3) is 0 Å². The van der Waals surface area contributed by atoms with Gasteiger partial charge in [-0.15, -0.1) is 0 Å². The first-order chi connectivity index (χ1) is 11.6. The molecule has 3 rings (SSSR count). The van der Waals surface area contributed by atoms with Crippen LogP contribution in [0.25, 0.3) is 0 Å². The molecule has 3 nitrogen and oxygen atoms in total. The Hall–Kier alpha value is -1.71. The van der Waals surface area contributed by atoms with Gasteiger partial charge >= 0.3 is 0 Å². The molecule has 1 aliphatic rings. The van der Waals surface area contributed by atoms with Crippen LogP contribution in [-0.2, 0) is 11.3 Å². The van der Waals surface area contributed by atoms with E-state index in [2.05, 4.69) is 16.3 Å². The molecule has 0 bridgehead atoms. The Labute approximate surface area is 152 Å². The number of nitrogens with one attached hydrogen (secondary N) is 1. The standard InChI is InChI=1S/C19H20Cl2N2O/c20-16-5-3-6-17(12-16)23-10-8-14(9-11-23)19(24)22-13-15-4-1-2-7-18(15)21/h1-7,12,14H,8-11,13H2,(H,22,24). The number of piperidine rings is 1. The van der Waals surface area contributed by atoms with Crippen molar-refractivity contribution in [3.63, 3.8) is 0 Å². The lowest BCUT2D eigenvalue weighted by Crippen LogP contribution is -2.40. The van der Waals surface area contributed by atoms with Gasteiger partial charge in [-0.1, -0.05) is 47.5 Å². The molecule has 0 aromatic heterocycles. The van der Waals surface area contributed by atoms with E-state index in [4.69, 9.17) is 23.2 Å². The maximum atomic E-state index is 12.4. The quantitative estimate of drug-likeness (QED) is 0.866. The molecule has 0 saturated carbocycles. The van der Waals surface area contributed by atoms with Crippen molar-refractivity contribution in [1.29, 1.82) is 0 Å². The van der Waals surface area contributed by atoms with Crippen molar-refractivity contribution >= 4 is 34.8 Å². The maximum absolute atomic E-state index is 12.4. The van der Waals surface area contributed by atoms with Gasteiger partial charge in [-0.2, -0.15) is 0 Å². The highest BCUT2D eigenvalue weighted by Gasteiger charge is 2.25. The second-order valence-corrected chi connectivity index (χ2v) is 6.89. The average molecular weight is 363 g/mol. The Morgan fingerprint density at radius 3 is 2.54 bits per heavy atom. The molecule has 1 amide bonds. The SMILES string of the molecule is O=C(NCc1ccccc1Cl)C1CCN(c2cccc(Cl)c2)CC1. The average Bonchev–Trinajstić information content (AvgIpc) is 2.61. The Kier molecular flexibility index (Phi) is 5.64. The summed E-state index contributed by atoms with van der Waals surface area (Å²) < 4.78 is 0. The smallest absolute Gasteiger partial charge is 0.223 e. The summed E-state index contributed by atoms with van der Waals surface area (Å²) in [7, 11) is 0. The third kappa shape index (κ3) is 4.22. The van der Waals surface area contributed by atoms with Crippen molar-refractivity contribution < 1.29 is 4.79 Å². The molecule has 1 aliphatic heterocycles. The number of anilines is 1. The molecule has 0 spiro atoms. The van der Waals surface area contributed by atoms with Crippen molar-refractivity contribution in [3.05, 3.63) is 64.1 Å². The van der Waals surface area contributed by atoms with Crippen LogP contribution in [0.3, 0.4) is 0 Å². The summed E-state index contributed by atoms with van der Waals surface area (Å²) in [6.07, 6.45) is 1.70. The fraction of sp³-hybridized carbons (Fsp3) is 0.316. The number of halogens is 2. The second-order valence-electron chi connectivity index (χ2n) is 6.05. The number of rotatable bonds is 4. The van der Waals surface area contributed by atoms with Gasteiger partial charge in [0.15, 0.2) is 0 Å². The van der Waals surface area contributed by atoms with Crippen LogP contribution in [-0.4, -0.2) is 19.0 Å². The molecule has 5 heteroatoms. The number of benzene rings is 2. The highest BCUT2D eigenvalue weighted by Crippen LogP contribution is 2.25. The van der Waals surface area contributed by atoms with Crippen molar-refractivity contribution in [2.24, 2.45) is 5.92 Å². The Bertz CT molecular complexity index is 712. The summed E-state index contributed by atoms with van der Waals surface area (Å²) in [4.78, 5) is 14.7. The number of carbonyl (C=O) groups is 1.